The van der Waals surface area contributed by atoms with Crippen LogP contribution in [0.15, 0.2) is 22.7 Å². The Kier molecular flexibility index (Phi) is 3.52. The Morgan fingerprint density at radius 1 is 1.56 bits per heavy atom. The highest BCUT2D eigenvalue weighted by Gasteiger charge is 2.32. The number of aliphatic carboxylic acids is 1. The number of rotatable bonds is 3. The van der Waals surface area contributed by atoms with E-state index in [1.807, 2.05) is 18.2 Å². The molecule has 0 unspecified atom stereocenters. The number of carbonyl (C=O) groups is 1. The summed E-state index contributed by atoms with van der Waals surface area (Å²) in [5.41, 5.74) is 1.03. The summed E-state index contributed by atoms with van der Waals surface area (Å²) in [5, 5.41) is 9.48. The molecule has 1 N–H and O–H groups in total. The van der Waals surface area contributed by atoms with Crippen molar-refractivity contribution < 1.29 is 9.90 Å². The second-order valence-electron chi connectivity index (χ2n) is 3.96. The van der Waals surface area contributed by atoms with Crippen LogP contribution >= 0.6 is 27.5 Å². The number of carboxylic acid groups (broad SMARTS) is 1. The summed E-state index contributed by atoms with van der Waals surface area (Å²) in [6, 6.07) is 5.70. The molecular formula is C11H11BrClNO2. The van der Waals surface area contributed by atoms with Gasteiger partial charge in [0.2, 0.25) is 0 Å². The van der Waals surface area contributed by atoms with Gasteiger partial charge in [-0.25, -0.2) is 0 Å². The monoisotopic (exact) mass is 303 g/mol. The average Bonchev–Trinajstić information content (AvgIpc) is 2.15. The Morgan fingerprint density at radius 2 is 2.25 bits per heavy atom. The minimum absolute atomic E-state index is 0.217. The highest BCUT2D eigenvalue weighted by molar-refractivity contribution is 9.10. The zero-order valence-corrected chi connectivity index (χ0v) is 10.8. The fourth-order valence-electron chi connectivity index (χ4n) is 1.76. The number of hydrogen-bond acceptors (Lipinski definition) is 2. The van der Waals surface area contributed by atoms with Crippen molar-refractivity contribution in [2.45, 2.75) is 6.54 Å². The van der Waals surface area contributed by atoms with E-state index < -0.39 is 5.97 Å². The van der Waals surface area contributed by atoms with E-state index in [9.17, 15) is 4.79 Å². The normalized spacial score (nSPS) is 17.1. The second kappa shape index (κ2) is 4.73. The molecule has 1 aliphatic heterocycles. The predicted octanol–water partition coefficient (Wildman–Crippen LogP) is 2.62. The van der Waals surface area contributed by atoms with Gasteiger partial charge in [0.25, 0.3) is 0 Å². The maximum Gasteiger partial charge on any atom is 0.309 e. The fraction of sp³-hybridized carbons (Fsp3) is 0.364. The number of carboxylic acids is 1. The zero-order valence-electron chi connectivity index (χ0n) is 8.49. The standard InChI is InChI=1S/C11H11BrClNO2/c12-9-1-2-10(13)7(3-9)4-14-5-8(6-14)11(15)16/h1-3,8H,4-6H2,(H,15,16). The van der Waals surface area contributed by atoms with Crippen molar-refractivity contribution in [1.82, 2.24) is 4.90 Å². The van der Waals surface area contributed by atoms with Gasteiger partial charge in [0.15, 0.2) is 0 Å². The summed E-state index contributed by atoms with van der Waals surface area (Å²) in [7, 11) is 0. The summed E-state index contributed by atoms with van der Waals surface area (Å²) in [5.74, 6) is -0.928. The highest BCUT2D eigenvalue weighted by Crippen LogP contribution is 2.25. The third kappa shape index (κ3) is 2.56. The molecule has 1 saturated heterocycles. The molecule has 2 rings (SSSR count). The van der Waals surface area contributed by atoms with Crippen LogP contribution in [0.2, 0.25) is 5.02 Å². The highest BCUT2D eigenvalue weighted by atomic mass is 79.9. The van der Waals surface area contributed by atoms with Crippen LogP contribution in [0.3, 0.4) is 0 Å². The molecule has 0 amide bonds. The molecule has 0 saturated carbocycles. The summed E-state index contributed by atoms with van der Waals surface area (Å²) < 4.78 is 0.988. The number of nitrogens with zero attached hydrogens (tertiary/aromatic N) is 1. The molecule has 1 heterocycles. The Hall–Kier alpha value is -0.580. The van der Waals surface area contributed by atoms with Gasteiger partial charge in [-0.05, 0) is 23.8 Å². The van der Waals surface area contributed by atoms with Gasteiger partial charge in [0, 0.05) is 29.1 Å². The van der Waals surface area contributed by atoms with Crippen molar-refractivity contribution in [2.75, 3.05) is 13.1 Å². The van der Waals surface area contributed by atoms with E-state index in [4.69, 9.17) is 16.7 Å². The molecule has 1 fully saturated rings. The molecule has 1 aromatic rings. The van der Waals surface area contributed by atoms with Gasteiger partial charge >= 0.3 is 5.97 Å². The zero-order chi connectivity index (χ0) is 11.7. The minimum Gasteiger partial charge on any atom is -0.481 e. The maximum atomic E-state index is 10.6. The van der Waals surface area contributed by atoms with Crippen molar-refractivity contribution in [1.29, 1.82) is 0 Å². The molecule has 0 spiro atoms. The van der Waals surface area contributed by atoms with Crippen molar-refractivity contribution in [2.24, 2.45) is 5.92 Å². The van der Waals surface area contributed by atoms with Gasteiger partial charge in [0.05, 0.1) is 5.92 Å². The molecule has 1 aromatic carbocycles. The Morgan fingerprint density at radius 3 is 2.88 bits per heavy atom. The number of likely N-dealkylation sites (tertiary alicyclic amines) is 1. The van der Waals surface area contributed by atoms with Crippen LogP contribution in [0.1, 0.15) is 5.56 Å². The van der Waals surface area contributed by atoms with Gasteiger partial charge in [-0.15, -0.1) is 0 Å². The summed E-state index contributed by atoms with van der Waals surface area (Å²) in [4.78, 5) is 12.7. The van der Waals surface area contributed by atoms with E-state index in [2.05, 4.69) is 20.8 Å². The molecule has 86 valence electrons. The quantitative estimate of drug-likeness (QED) is 0.933. The van der Waals surface area contributed by atoms with Crippen LogP contribution in [-0.4, -0.2) is 29.1 Å². The largest absolute Gasteiger partial charge is 0.481 e. The Labute approximate surface area is 107 Å². The van der Waals surface area contributed by atoms with Gasteiger partial charge < -0.3 is 5.11 Å². The van der Waals surface area contributed by atoms with E-state index in [-0.39, 0.29) is 5.92 Å². The molecular weight excluding hydrogens is 293 g/mol. The number of hydrogen-bond donors (Lipinski definition) is 1. The van der Waals surface area contributed by atoms with Gasteiger partial charge in [-0.3, -0.25) is 9.69 Å². The summed E-state index contributed by atoms with van der Waals surface area (Å²) in [6.45, 7) is 1.93. The lowest BCUT2D eigenvalue weighted by Gasteiger charge is -2.36. The first-order valence-electron chi connectivity index (χ1n) is 4.95. The molecule has 0 atom stereocenters. The average molecular weight is 305 g/mol. The van der Waals surface area contributed by atoms with Crippen molar-refractivity contribution in [3.05, 3.63) is 33.3 Å². The van der Waals surface area contributed by atoms with E-state index in [1.165, 1.54) is 0 Å². The molecule has 0 radical (unpaired) electrons. The topological polar surface area (TPSA) is 40.5 Å². The maximum absolute atomic E-state index is 10.6. The minimum atomic E-state index is -0.711. The lowest BCUT2D eigenvalue weighted by molar-refractivity contribution is -0.147. The SMILES string of the molecule is O=C(O)C1CN(Cc2cc(Br)ccc2Cl)C1. The molecule has 16 heavy (non-hydrogen) atoms. The van der Waals surface area contributed by atoms with Gasteiger partial charge in [-0.1, -0.05) is 27.5 Å². The first-order chi connectivity index (χ1) is 7.56. The predicted molar refractivity (Wildman–Crippen MR) is 65.6 cm³/mol. The van der Waals surface area contributed by atoms with E-state index in [1.54, 1.807) is 0 Å². The summed E-state index contributed by atoms with van der Waals surface area (Å²) in [6.07, 6.45) is 0. The molecule has 5 heteroatoms. The van der Waals surface area contributed by atoms with Crippen LogP contribution in [-0.2, 0) is 11.3 Å². The molecule has 0 aliphatic carbocycles. The Bertz CT molecular complexity index is 418. The number of benzene rings is 1. The van der Waals surface area contributed by atoms with Crippen LogP contribution < -0.4 is 0 Å². The van der Waals surface area contributed by atoms with E-state index in [0.717, 1.165) is 15.1 Å². The number of halogens is 2. The molecule has 3 nitrogen and oxygen atoms in total. The van der Waals surface area contributed by atoms with E-state index >= 15 is 0 Å². The lowest BCUT2D eigenvalue weighted by atomic mass is 10.00. The van der Waals surface area contributed by atoms with E-state index in [0.29, 0.717) is 19.6 Å². The van der Waals surface area contributed by atoms with Crippen LogP contribution in [0, 0.1) is 5.92 Å². The third-order valence-corrected chi connectivity index (χ3v) is 3.57. The Balaban J connectivity index is 1.96. The van der Waals surface area contributed by atoms with Gasteiger partial charge in [-0.2, -0.15) is 0 Å². The first kappa shape index (κ1) is 11.9. The molecule has 0 aromatic heterocycles. The van der Waals surface area contributed by atoms with Crippen molar-refractivity contribution >= 4 is 33.5 Å². The lowest BCUT2D eigenvalue weighted by Crippen LogP contribution is -2.49. The molecule has 1 aliphatic rings. The third-order valence-electron chi connectivity index (χ3n) is 2.71. The fourth-order valence-corrected chi connectivity index (χ4v) is 2.35. The van der Waals surface area contributed by atoms with Crippen molar-refractivity contribution in [3.63, 3.8) is 0 Å². The summed E-state index contributed by atoms with van der Waals surface area (Å²) >= 11 is 9.45. The van der Waals surface area contributed by atoms with Crippen LogP contribution in [0.25, 0.3) is 0 Å². The van der Waals surface area contributed by atoms with Gasteiger partial charge in [0.1, 0.15) is 0 Å². The molecule has 0 bridgehead atoms. The van der Waals surface area contributed by atoms with Crippen LogP contribution in [0.5, 0.6) is 0 Å². The first-order valence-corrected chi connectivity index (χ1v) is 6.12. The second-order valence-corrected chi connectivity index (χ2v) is 5.29. The van der Waals surface area contributed by atoms with Crippen molar-refractivity contribution in [3.8, 4) is 0 Å². The van der Waals surface area contributed by atoms with Crippen LogP contribution in [0.4, 0.5) is 0 Å². The smallest absolute Gasteiger partial charge is 0.309 e.